The molecule has 0 saturated carbocycles. The van der Waals surface area contributed by atoms with Gasteiger partial charge in [-0.2, -0.15) is 4.39 Å². The molecular formula is C22H22FN7O3. The first-order valence-corrected chi connectivity index (χ1v) is 10.7. The Balaban J connectivity index is 1.41. The van der Waals surface area contributed by atoms with Gasteiger partial charge in [-0.1, -0.05) is 0 Å². The maximum absolute atomic E-state index is 14.5. The van der Waals surface area contributed by atoms with Gasteiger partial charge in [-0.3, -0.25) is 0 Å². The maximum Gasteiger partial charge on any atom is 0.334 e. The first-order chi connectivity index (χ1) is 16.0. The highest BCUT2D eigenvalue weighted by Crippen LogP contribution is 2.34. The molecule has 0 radical (unpaired) electrons. The number of ether oxygens (including phenoxy) is 1. The zero-order valence-electron chi connectivity index (χ0n) is 17.9. The van der Waals surface area contributed by atoms with Crippen molar-refractivity contribution in [3.8, 4) is 11.6 Å². The fourth-order valence-corrected chi connectivity index (χ4v) is 4.23. The van der Waals surface area contributed by atoms with Crippen molar-refractivity contribution >= 4 is 17.5 Å². The molecule has 0 amide bonds. The minimum atomic E-state index is -1.03. The second kappa shape index (κ2) is 8.66. The molecule has 3 aromatic heterocycles. The van der Waals surface area contributed by atoms with Crippen molar-refractivity contribution in [3.63, 3.8) is 0 Å². The lowest BCUT2D eigenvalue weighted by atomic mass is 9.99. The molecule has 1 N–H and O–H groups in total. The van der Waals surface area contributed by atoms with Gasteiger partial charge in [0.2, 0.25) is 5.95 Å². The van der Waals surface area contributed by atoms with Gasteiger partial charge in [0.1, 0.15) is 5.82 Å². The standard InChI is InChI=1S/C22H22FN7O3/c1-13-15-11-26-21(20-24-4-2-5-25-20)27-16(15)3-6-30(13)19-10-14(9-18(23)28-19)29-7-8-33-17(12-29)22(31)32/h2,4-5,9-11,13,17H,3,6-8,12H2,1H3,(H,31,32). The molecule has 11 heteroatoms. The van der Waals surface area contributed by atoms with Gasteiger partial charge in [-0.25, -0.2) is 29.7 Å². The Bertz CT molecular complexity index is 1180. The van der Waals surface area contributed by atoms with Crippen LogP contribution in [0.1, 0.15) is 24.2 Å². The number of hydrogen-bond donors (Lipinski definition) is 1. The molecule has 0 spiro atoms. The van der Waals surface area contributed by atoms with Crippen molar-refractivity contribution in [2.75, 3.05) is 36.0 Å². The number of carbonyl (C=O) groups is 1. The maximum atomic E-state index is 14.5. The van der Waals surface area contributed by atoms with Gasteiger partial charge >= 0.3 is 5.97 Å². The van der Waals surface area contributed by atoms with Crippen molar-refractivity contribution < 1.29 is 19.0 Å². The van der Waals surface area contributed by atoms with Crippen molar-refractivity contribution in [2.24, 2.45) is 0 Å². The van der Waals surface area contributed by atoms with E-state index in [1.165, 1.54) is 6.07 Å². The van der Waals surface area contributed by atoms with Crippen molar-refractivity contribution in [3.05, 3.63) is 54.0 Å². The van der Waals surface area contributed by atoms with Crippen LogP contribution < -0.4 is 9.80 Å². The Hall–Kier alpha value is -3.73. The molecule has 5 heterocycles. The number of aliphatic carboxylic acids is 1. The lowest BCUT2D eigenvalue weighted by molar-refractivity contribution is -0.150. The van der Waals surface area contributed by atoms with Gasteiger partial charge < -0.3 is 19.6 Å². The summed E-state index contributed by atoms with van der Waals surface area (Å²) in [6.07, 6.45) is 4.75. The Morgan fingerprint density at radius 3 is 2.76 bits per heavy atom. The average molecular weight is 451 g/mol. The van der Waals surface area contributed by atoms with Crippen LogP contribution >= 0.6 is 0 Å². The van der Waals surface area contributed by atoms with E-state index in [9.17, 15) is 14.3 Å². The summed E-state index contributed by atoms with van der Waals surface area (Å²) in [6.45, 7) is 3.48. The second-order valence-corrected chi connectivity index (χ2v) is 7.94. The summed E-state index contributed by atoms with van der Waals surface area (Å²) in [6, 6.07) is 4.73. The molecule has 0 bridgehead atoms. The monoisotopic (exact) mass is 451 g/mol. The molecule has 10 nitrogen and oxygen atoms in total. The molecule has 2 unspecified atom stereocenters. The van der Waals surface area contributed by atoms with E-state index in [0.29, 0.717) is 42.7 Å². The molecule has 5 rings (SSSR count). The number of carboxylic acids is 1. The van der Waals surface area contributed by atoms with Gasteiger partial charge in [0.15, 0.2) is 17.8 Å². The topological polar surface area (TPSA) is 117 Å². The SMILES string of the molecule is CC1c2cnc(-c3ncccn3)nc2CCN1c1cc(N2CCOC(C(=O)O)C2)cc(F)n1. The molecule has 1 fully saturated rings. The highest BCUT2D eigenvalue weighted by Gasteiger charge is 2.30. The van der Waals surface area contributed by atoms with Gasteiger partial charge in [-0.15, -0.1) is 0 Å². The summed E-state index contributed by atoms with van der Waals surface area (Å²) < 4.78 is 19.8. The zero-order valence-corrected chi connectivity index (χ0v) is 17.9. The number of fused-ring (bicyclic) bond motifs is 1. The third-order valence-corrected chi connectivity index (χ3v) is 5.94. The zero-order chi connectivity index (χ0) is 22.9. The lowest BCUT2D eigenvalue weighted by Gasteiger charge is -2.37. The largest absolute Gasteiger partial charge is 0.479 e. The van der Waals surface area contributed by atoms with E-state index in [0.717, 1.165) is 11.3 Å². The van der Waals surface area contributed by atoms with Crippen LogP contribution in [0.3, 0.4) is 0 Å². The summed E-state index contributed by atoms with van der Waals surface area (Å²) in [5, 5.41) is 9.27. The number of anilines is 2. The van der Waals surface area contributed by atoms with Crippen LogP contribution in [0.15, 0.2) is 36.8 Å². The average Bonchev–Trinajstić information content (AvgIpc) is 2.84. The number of halogens is 1. The number of morpholine rings is 1. The Kier molecular flexibility index (Phi) is 5.55. The van der Waals surface area contributed by atoms with Crippen LogP contribution in [0.4, 0.5) is 15.9 Å². The van der Waals surface area contributed by atoms with Gasteiger partial charge in [-0.05, 0) is 13.0 Å². The third-order valence-electron chi connectivity index (χ3n) is 5.94. The van der Waals surface area contributed by atoms with Gasteiger partial charge in [0.25, 0.3) is 0 Å². The number of hydrogen-bond acceptors (Lipinski definition) is 9. The van der Waals surface area contributed by atoms with Crippen LogP contribution in [0.25, 0.3) is 11.6 Å². The van der Waals surface area contributed by atoms with E-state index in [-0.39, 0.29) is 19.2 Å². The van der Waals surface area contributed by atoms with Gasteiger partial charge in [0.05, 0.1) is 24.9 Å². The number of nitrogens with zero attached hydrogens (tertiary/aromatic N) is 7. The smallest absolute Gasteiger partial charge is 0.334 e. The Morgan fingerprint density at radius 2 is 1.97 bits per heavy atom. The molecular weight excluding hydrogens is 429 g/mol. The van der Waals surface area contributed by atoms with E-state index >= 15 is 0 Å². The summed E-state index contributed by atoms with van der Waals surface area (Å²) in [5.41, 5.74) is 2.43. The van der Waals surface area contributed by atoms with Crippen LogP contribution in [0.2, 0.25) is 0 Å². The summed E-state index contributed by atoms with van der Waals surface area (Å²) in [4.78, 5) is 36.8. The predicted octanol–water partition coefficient (Wildman–Crippen LogP) is 1.88. The second-order valence-electron chi connectivity index (χ2n) is 7.94. The van der Waals surface area contributed by atoms with E-state index in [1.54, 1.807) is 30.7 Å². The van der Waals surface area contributed by atoms with Crippen LogP contribution in [-0.4, -0.2) is 68.3 Å². The van der Waals surface area contributed by atoms with Crippen LogP contribution in [0, 0.1) is 5.95 Å². The molecule has 3 aromatic rings. The van der Waals surface area contributed by atoms with E-state index in [1.807, 2.05) is 16.7 Å². The number of rotatable bonds is 4. The minimum Gasteiger partial charge on any atom is -0.479 e. The summed E-state index contributed by atoms with van der Waals surface area (Å²) in [7, 11) is 0. The molecule has 2 atom stereocenters. The Morgan fingerprint density at radius 1 is 1.15 bits per heavy atom. The van der Waals surface area contributed by atoms with Crippen molar-refractivity contribution in [1.82, 2.24) is 24.9 Å². The summed E-state index contributed by atoms with van der Waals surface area (Å²) >= 11 is 0. The fraction of sp³-hybridized carbons (Fsp3) is 0.364. The number of pyridine rings is 1. The van der Waals surface area contributed by atoms with E-state index in [4.69, 9.17) is 4.74 Å². The summed E-state index contributed by atoms with van der Waals surface area (Å²) in [5.74, 6) is -0.224. The molecule has 0 aromatic carbocycles. The molecule has 0 aliphatic carbocycles. The number of aromatic nitrogens is 5. The van der Waals surface area contributed by atoms with Crippen LogP contribution in [0.5, 0.6) is 0 Å². The predicted molar refractivity (Wildman–Crippen MR) is 116 cm³/mol. The first-order valence-electron chi connectivity index (χ1n) is 10.7. The van der Waals surface area contributed by atoms with Crippen LogP contribution in [-0.2, 0) is 16.0 Å². The first kappa shape index (κ1) is 21.1. The lowest BCUT2D eigenvalue weighted by Crippen LogP contribution is -2.46. The normalized spacial score (nSPS) is 20.4. The number of carboxylic acid groups (broad SMARTS) is 1. The fourth-order valence-electron chi connectivity index (χ4n) is 4.23. The Labute approximate surface area is 189 Å². The molecule has 170 valence electrons. The van der Waals surface area contributed by atoms with E-state index < -0.39 is 18.0 Å². The van der Waals surface area contributed by atoms with Gasteiger partial charge in [0, 0.05) is 61.5 Å². The highest BCUT2D eigenvalue weighted by molar-refractivity contribution is 5.74. The molecule has 2 aliphatic rings. The highest BCUT2D eigenvalue weighted by atomic mass is 19.1. The quantitative estimate of drug-likeness (QED) is 0.589. The third kappa shape index (κ3) is 4.19. The molecule has 2 aliphatic heterocycles. The van der Waals surface area contributed by atoms with Crippen molar-refractivity contribution in [1.29, 1.82) is 0 Å². The minimum absolute atomic E-state index is 0.127. The van der Waals surface area contributed by atoms with E-state index in [2.05, 4.69) is 24.9 Å². The molecule has 1 saturated heterocycles. The molecule has 33 heavy (non-hydrogen) atoms. The van der Waals surface area contributed by atoms with Crippen molar-refractivity contribution in [2.45, 2.75) is 25.5 Å².